The van der Waals surface area contributed by atoms with Crippen LogP contribution in [0.5, 0.6) is 0 Å². The molecule has 2 aliphatic rings. The summed E-state index contributed by atoms with van der Waals surface area (Å²) in [5.41, 5.74) is 0.0915. The van der Waals surface area contributed by atoms with Crippen LogP contribution in [0, 0.1) is 0 Å². The topological polar surface area (TPSA) is 32.7 Å². The molecule has 0 spiro atoms. The molecule has 0 bridgehead atoms. The fraction of sp³-hybridized carbons (Fsp3) is 1.00. The van der Waals surface area contributed by atoms with Crippen molar-refractivity contribution in [2.45, 2.75) is 50.8 Å². The van der Waals surface area contributed by atoms with Gasteiger partial charge in [0.25, 0.3) is 0 Å². The van der Waals surface area contributed by atoms with E-state index in [0.29, 0.717) is 6.04 Å². The van der Waals surface area contributed by atoms with Crippen LogP contribution in [0.3, 0.4) is 0 Å². The van der Waals surface area contributed by atoms with Gasteiger partial charge in [0.2, 0.25) is 0 Å². The standard InChI is InChI=1S/C11H21NO2/c1-11(2)8-14-7-6-12(11)9-4-3-5-10(9)13/h9-10,13H,3-8H2,1-2H3/t9-,10-/m1/s1. The maximum Gasteiger partial charge on any atom is 0.0695 e. The molecule has 0 amide bonds. The van der Waals surface area contributed by atoms with E-state index in [4.69, 9.17) is 4.74 Å². The molecule has 0 aromatic rings. The number of hydrogen-bond donors (Lipinski definition) is 1. The van der Waals surface area contributed by atoms with E-state index in [1.165, 1.54) is 6.42 Å². The van der Waals surface area contributed by atoms with Crippen molar-refractivity contribution in [3.05, 3.63) is 0 Å². The molecule has 1 N–H and O–H groups in total. The Balaban J connectivity index is 2.07. The highest BCUT2D eigenvalue weighted by molar-refractivity contribution is 4.94. The van der Waals surface area contributed by atoms with Gasteiger partial charge in [-0.3, -0.25) is 4.90 Å². The molecule has 1 saturated heterocycles. The minimum absolute atomic E-state index is 0.0915. The molecule has 0 radical (unpaired) electrons. The maximum atomic E-state index is 9.89. The zero-order valence-corrected chi connectivity index (χ0v) is 9.20. The summed E-state index contributed by atoms with van der Waals surface area (Å²) in [5.74, 6) is 0. The normalized spacial score (nSPS) is 38.8. The van der Waals surface area contributed by atoms with E-state index >= 15 is 0 Å². The van der Waals surface area contributed by atoms with Crippen molar-refractivity contribution in [3.8, 4) is 0 Å². The summed E-state index contributed by atoms with van der Waals surface area (Å²) in [6, 6.07) is 0.369. The molecule has 2 rings (SSSR count). The van der Waals surface area contributed by atoms with Crippen molar-refractivity contribution >= 4 is 0 Å². The number of rotatable bonds is 1. The SMILES string of the molecule is CC1(C)COCCN1[C@@H]1CCC[C@H]1O. The van der Waals surface area contributed by atoms with Crippen molar-refractivity contribution in [2.24, 2.45) is 0 Å². The zero-order chi connectivity index (χ0) is 10.2. The number of aliphatic hydroxyl groups excluding tert-OH is 1. The van der Waals surface area contributed by atoms with E-state index < -0.39 is 0 Å². The highest BCUT2D eigenvalue weighted by atomic mass is 16.5. The van der Waals surface area contributed by atoms with E-state index in [-0.39, 0.29) is 11.6 Å². The summed E-state index contributed by atoms with van der Waals surface area (Å²) in [6.45, 7) is 6.98. The minimum Gasteiger partial charge on any atom is -0.391 e. The second-order valence-electron chi connectivity index (χ2n) is 5.12. The van der Waals surface area contributed by atoms with Gasteiger partial charge in [0.1, 0.15) is 0 Å². The third-order valence-corrected chi connectivity index (χ3v) is 3.55. The maximum absolute atomic E-state index is 9.89. The van der Waals surface area contributed by atoms with E-state index in [2.05, 4.69) is 18.7 Å². The largest absolute Gasteiger partial charge is 0.391 e. The lowest BCUT2D eigenvalue weighted by Gasteiger charge is -2.46. The molecule has 2 fully saturated rings. The Bertz CT molecular complexity index is 205. The van der Waals surface area contributed by atoms with Crippen LogP contribution in [0.15, 0.2) is 0 Å². The zero-order valence-electron chi connectivity index (χ0n) is 9.20. The molecule has 1 aliphatic carbocycles. The molecule has 2 atom stereocenters. The van der Waals surface area contributed by atoms with Gasteiger partial charge in [0, 0.05) is 18.1 Å². The summed E-state index contributed by atoms with van der Waals surface area (Å²) >= 11 is 0. The average Bonchev–Trinajstić information content (AvgIpc) is 2.51. The Morgan fingerprint density at radius 2 is 2.14 bits per heavy atom. The third-order valence-electron chi connectivity index (χ3n) is 3.55. The van der Waals surface area contributed by atoms with E-state index in [1.54, 1.807) is 0 Å². The lowest BCUT2D eigenvalue weighted by molar-refractivity contribution is -0.0894. The fourth-order valence-corrected chi connectivity index (χ4v) is 2.77. The fourth-order valence-electron chi connectivity index (χ4n) is 2.77. The van der Waals surface area contributed by atoms with Crippen LogP contribution in [-0.4, -0.2) is 47.4 Å². The van der Waals surface area contributed by atoms with Gasteiger partial charge < -0.3 is 9.84 Å². The molecule has 0 unspecified atom stereocenters. The number of hydrogen-bond acceptors (Lipinski definition) is 3. The van der Waals surface area contributed by atoms with Crippen LogP contribution in [-0.2, 0) is 4.74 Å². The van der Waals surface area contributed by atoms with Crippen LogP contribution in [0.2, 0.25) is 0 Å². The molecule has 3 heteroatoms. The average molecular weight is 199 g/mol. The van der Waals surface area contributed by atoms with Gasteiger partial charge in [-0.05, 0) is 33.1 Å². The van der Waals surface area contributed by atoms with Crippen LogP contribution in [0.1, 0.15) is 33.1 Å². The van der Waals surface area contributed by atoms with Crippen molar-refractivity contribution in [3.63, 3.8) is 0 Å². The molecule has 0 aromatic heterocycles. The molecule has 1 aliphatic heterocycles. The van der Waals surface area contributed by atoms with Crippen molar-refractivity contribution in [1.82, 2.24) is 4.90 Å². The van der Waals surface area contributed by atoms with Crippen molar-refractivity contribution < 1.29 is 9.84 Å². The number of nitrogens with zero attached hydrogens (tertiary/aromatic N) is 1. The van der Waals surface area contributed by atoms with E-state index in [9.17, 15) is 5.11 Å². The molecule has 0 aromatic carbocycles. The van der Waals surface area contributed by atoms with Gasteiger partial charge in [-0.25, -0.2) is 0 Å². The molecular weight excluding hydrogens is 178 g/mol. The van der Waals surface area contributed by atoms with Gasteiger partial charge in [-0.15, -0.1) is 0 Å². The van der Waals surface area contributed by atoms with Gasteiger partial charge >= 0.3 is 0 Å². The second kappa shape index (κ2) is 3.80. The molecule has 82 valence electrons. The highest BCUT2D eigenvalue weighted by Crippen LogP contribution is 2.31. The lowest BCUT2D eigenvalue weighted by Crippen LogP contribution is -2.58. The third kappa shape index (κ3) is 1.81. The van der Waals surface area contributed by atoms with Gasteiger partial charge in [0.05, 0.1) is 19.3 Å². The monoisotopic (exact) mass is 199 g/mol. The summed E-state index contributed by atoms with van der Waals surface area (Å²) < 4.78 is 5.49. The minimum atomic E-state index is -0.118. The number of ether oxygens (including phenoxy) is 1. The molecule has 14 heavy (non-hydrogen) atoms. The van der Waals surface area contributed by atoms with Gasteiger partial charge in [-0.2, -0.15) is 0 Å². The first-order chi connectivity index (χ1) is 6.61. The summed E-state index contributed by atoms with van der Waals surface area (Å²) in [6.07, 6.45) is 3.16. The number of aliphatic hydroxyl groups is 1. The molecule has 1 saturated carbocycles. The van der Waals surface area contributed by atoms with Crippen LogP contribution < -0.4 is 0 Å². The van der Waals surface area contributed by atoms with Crippen molar-refractivity contribution in [1.29, 1.82) is 0 Å². The summed E-state index contributed by atoms with van der Waals surface area (Å²) in [5, 5.41) is 9.89. The van der Waals surface area contributed by atoms with Gasteiger partial charge in [-0.1, -0.05) is 0 Å². The Kier molecular flexibility index (Phi) is 2.82. The lowest BCUT2D eigenvalue weighted by atomic mass is 9.98. The first-order valence-corrected chi connectivity index (χ1v) is 5.64. The summed E-state index contributed by atoms with van der Waals surface area (Å²) in [7, 11) is 0. The van der Waals surface area contributed by atoms with E-state index in [0.717, 1.165) is 32.6 Å². The molecular formula is C11H21NO2. The van der Waals surface area contributed by atoms with Gasteiger partial charge in [0.15, 0.2) is 0 Å². The molecule has 1 heterocycles. The quantitative estimate of drug-likeness (QED) is 0.684. The molecule has 3 nitrogen and oxygen atoms in total. The Morgan fingerprint density at radius 3 is 2.71 bits per heavy atom. The van der Waals surface area contributed by atoms with Crippen LogP contribution >= 0.6 is 0 Å². The van der Waals surface area contributed by atoms with Crippen molar-refractivity contribution in [2.75, 3.05) is 19.8 Å². The number of morpholine rings is 1. The first-order valence-electron chi connectivity index (χ1n) is 5.64. The highest BCUT2D eigenvalue weighted by Gasteiger charge is 2.40. The van der Waals surface area contributed by atoms with Crippen LogP contribution in [0.4, 0.5) is 0 Å². The smallest absolute Gasteiger partial charge is 0.0695 e. The Hall–Kier alpha value is -0.120. The Morgan fingerprint density at radius 1 is 1.36 bits per heavy atom. The van der Waals surface area contributed by atoms with E-state index in [1.807, 2.05) is 0 Å². The second-order valence-corrected chi connectivity index (χ2v) is 5.12. The predicted octanol–water partition coefficient (Wildman–Crippen LogP) is 1.01. The predicted molar refractivity (Wildman–Crippen MR) is 55.2 cm³/mol. The summed E-state index contributed by atoms with van der Waals surface area (Å²) in [4.78, 5) is 2.44. The van der Waals surface area contributed by atoms with Crippen LogP contribution in [0.25, 0.3) is 0 Å². The first kappa shape index (κ1) is 10.4. The Labute approximate surface area is 86.0 Å².